The fourth-order valence-electron chi connectivity index (χ4n) is 5.64. The van der Waals surface area contributed by atoms with E-state index in [1.165, 1.54) is 5.56 Å². The number of rotatable bonds is 1. The van der Waals surface area contributed by atoms with Crippen molar-refractivity contribution in [1.29, 1.82) is 5.26 Å². The topological polar surface area (TPSA) is 94.8 Å². The number of aliphatic hydroxyl groups is 1. The van der Waals surface area contributed by atoms with Gasteiger partial charge in [0.05, 0.1) is 23.4 Å². The molecule has 0 aromatic heterocycles. The third-order valence-corrected chi connectivity index (χ3v) is 7.19. The van der Waals surface area contributed by atoms with Gasteiger partial charge in [-0.15, -0.1) is 0 Å². The smallest absolute Gasteiger partial charge is 0.184 e. The number of aliphatic imine (C=N–C) groups is 2. The Bertz CT molecular complexity index is 1130. The van der Waals surface area contributed by atoms with E-state index in [0.717, 1.165) is 60.1 Å². The molecule has 5 rings (SSSR count). The van der Waals surface area contributed by atoms with Crippen molar-refractivity contribution >= 4 is 11.5 Å². The van der Waals surface area contributed by atoms with Crippen LogP contribution in [-0.2, 0) is 12.1 Å². The molecule has 1 atom stereocenters. The zero-order valence-corrected chi connectivity index (χ0v) is 17.4. The number of nitrogens with zero attached hydrogens (tertiary/aromatic N) is 3. The molecule has 0 radical (unpaired) electrons. The molecule has 0 saturated heterocycles. The second kappa shape index (κ2) is 6.52. The van der Waals surface area contributed by atoms with Crippen molar-refractivity contribution in [3.8, 4) is 17.2 Å². The molecule has 2 aliphatic carbocycles. The van der Waals surface area contributed by atoms with Crippen LogP contribution in [0, 0.1) is 23.7 Å². The zero-order chi connectivity index (χ0) is 21.1. The molecule has 2 aromatic carbocycles. The monoisotopic (exact) mass is 398 g/mol. The molecule has 1 heterocycles. The number of aliphatic hydroxyl groups excluding tert-OH is 1. The molecule has 5 nitrogen and oxygen atoms in total. The van der Waals surface area contributed by atoms with Crippen LogP contribution in [-0.4, -0.2) is 22.8 Å². The summed E-state index contributed by atoms with van der Waals surface area (Å²) in [6, 6.07) is 14.7. The van der Waals surface area contributed by atoms with E-state index in [4.69, 9.17) is 15.7 Å². The van der Waals surface area contributed by atoms with E-state index in [9.17, 15) is 10.4 Å². The van der Waals surface area contributed by atoms with Crippen LogP contribution < -0.4 is 5.73 Å². The first kappa shape index (κ1) is 19.0. The number of nitriles is 1. The minimum absolute atomic E-state index is 0.139. The summed E-state index contributed by atoms with van der Waals surface area (Å²) >= 11 is 0. The molecule has 152 valence electrons. The van der Waals surface area contributed by atoms with Crippen molar-refractivity contribution in [3.63, 3.8) is 0 Å². The number of amidine groups is 1. The van der Waals surface area contributed by atoms with Gasteiger partial charge in [-0.3, -0.25) is 4.99 Å². The SMILES string of the molecule is CC1=NC2(N=C1N)c1cc(-c3cc(C)cc(C#N)c3)ccc1CC21CCC(O)CC1. The quantitative estimate of drug-likeness (QED) is 0.760. The van der Waals surface area contributed by atoms with Gasteiger partial charge >= 0.3 is 0 Å². The van der Waals surface area contributed by atoms with Crippen molar-refractivity contribution in [2.45, 2.75) is 57.7 Å². The lowest BCUT2D eigenvalue weighted by molar-refractivity contribution is 0.0233. The predicted octanol–water partition coefficient (Wildman–Crippen LogP) is 4.00. The van der Waals surface area contributed by atoms with Gasteiger partial charge in [-0.1, -0.05) is 18.2 Å². The van der Waals surface area contributed by atoms with Gasteiger partial charge in [-0.05, 0) is 86.4 Å². The van der Waals surface area contributed by atoms with Crippen molar-refractivity contribution < 1.29 is 5.11 Å². The zero-order valence-electron chi connectivity index (χ0n) is 17.4. The molecule has 3 aliphatic rings. The van der Waals surface area contributed by atoms with E-state index in [1.54, 1.807) is 0 Å². The van der Waals surface area contributed by atoms with Gasteiger partial charge in [-0.2, -0.15) is 5.26 Å². The first-order chi connectivity index (χ1) is 14.4. The maximum Gasteiger partial charge on any atom is 0.184 e. The molecule has 5 heteroatoms. The second-order valence-electron chi connectivity index (χ2n) is 9.13. The predicted molar refractivity (Wildman–Crippen MR) is 118 cm³/mol. The van der Waals surface area contributed by atoms with E-state index in [2.05, 4.69) is 30.3 Å². The molecule has 0 amide bonds. The average molecular weight is 399 g/mol. The van der Waals surface area contributed by atoms with Crippen molar-refractivity contribution in [2.24, 2.45) is 21.1 Å². The third kappa shape index (κ3) is 2.64. The van der Waals surface area contributed by atoms with Crippen molar-refractivity contribution in [1.82, 2.24) is 0 Å². The third-order valence-electron chi connectivity index (χ3n) is 7.19. The van der Waals surface area contributed by atoms with E-state index in [-0.39, 0.29) is 11.5 Å². The molecule has 2 aromatic rings. The van der Waals surface area contributed by atoms with Gasteiger partial charge in [0.25, 0.3) is 0 Å². The molecule has 1 aliphatic heterocycles. The Morgan fingerprint density at radius 1 is 1.07 bits per heavy atom. The van der Waals surface area contributed by atoms with E-state index in [0.29, 0.717) is 11.4 Å². The standard InChI is InChI=1S/C25H26N4O/c1-15-9-17(14-26)11-20(10-15)18-3-4-19-13-24(7-5-21(30)6-8-24)25(22(19)12-18)28-16(2)23(27)29-25/h3-4,9-12,21,30H,5-8,13H2,1-2H3,(H2,27,29). The Kier molecular flexibility index (Phi) is 4.13. The molecule has 1 saturated carbocycles. The van der Waals surface area contributed by atoms with Crippen LogP contribution in [0.15, 0.2) is 46.4 Å². The molecular formula is C25H26N4O. The van der Waals surface area contributed by atoms with E-state index < -0.39 is 5.66 Å². The van der Waals surface area contributed by atoms with Crippen LogP contribution in [0.25, 0.3) is 11.1 Å². The van der Waals surface area contributed by atoms with Crippen LogP contribution in [0.5, 0.6) is 0 Å². The van der Waals surface area contributed by atoms with Crippen molar-refractivity contribution in [3.05, 3.63) is 58.7 Å². The first-order valence-corrected chi connectivity index (χ1v) is 10.6. The number of aryl methyl sites for hydroxylation is 1. The molecule has 1 unspecified atom stereocenters. The number of nitrogens with two attached hydrogens (primary N) is 1. The summed E-state index contributed by atoms with van der Waals surface area (Å²) in [6.07, 6.45) is 3.98. The molecule has 1 fully saturated rings. The van der Waals surface area contributed by atoms with Gasteiger partial charge in [0.2, 0.25) is 0 Å². The lowest BCUT2D eigenvalue weighted by Crippen LogP contribution is -2.43. The summed E-state index contributed by atoms with van der Waals surface area (Å²) in [6.45, 7) is 3.94. The summed E-state index contributed by atoms with van der Waals surface area (Å²) in [7, 11) is 0. The largest absolute Gasteiger partial charge is 0.393 e. The Morgan fingerprint density at radius 2 is 1.83 bits per heavy atom. The Hall–Kier alpha value is -2.97. The van der Waals surface area contributed by atoms with Gasteiger partial charge in [0, 0.05) is 11.0 Å². The Morgan fingerprint density at radius 3 is 2.50 bits per heavy atom. The number of benzene rings is 2. The fourth-order valence-corrected chi connectivity index (χ4v) is 5.64. The highest BCUT2D eigenvalue weighted by Gasteiger charge is 2.60. The lowest BCUT2D eigenvalue weighted by atomic mass is 9.65. The summed E-state index contributed by atoms with van der Waals surface area (Å²) < 4.78 is 0. The average Bonchev–Trinajstić information content (AvgIpc) is 3.17. The first-order valence-electron chi connectivity index (χ1n) is 10.6. The number of hydrogen-bond acceptors (Lipinski definition) is 5. The number of fused-ring (bicyclic) bond motifs is 3. The van der Waals surface area contributed by atoms with E-state index in [1.807, 2.05) is 26.0 Å². The van der Waals surface area contributed by atoms with Crippen LogP contribution in [0.4, 0.5) is 0 Å². The second-order valence-corrected chi connectivity index (χ2v) is 9.13. The Balaban J connectivity index is 1.68. The van der Waals surface area contributed by atoms with Crippen molar-refractivity contribution in [2.75, 3.05) is 0 Å². The highest BCUT2D eigenvalue weighted by molar-refractivity contribution is 6.41. The van der Waals surface area contributed by atoms with Gasteiger partial charge in [-0.25, -0.2) is 4.99 Å². The summed E-state index contributed by atoms with van der Waals surface area (Å²) in [4.78, 5) is 10.1. The minimum atomic E-state index is -0.700. The molecule has 2 spiro atoms. The van der Waals surface area contributed by atoms with E-state index >= 15 is 0 Å². The number of hydrogen-bond donors (Lipinski definition) is 2. The summed E-state index contributed by atoms with van der Waals surface area (Å²) in [5, 5.41) is 19.5. The lowest BCUT2D eigenvalue weighted by Gasteiger charge is -2.44. The van der Waals surface area contributed by atoms with Crippen LogP contribution in [0.1, 0.15) is 54.9 Å². The maximum atomic E-state index is 10.2. The van der Waals surface area contributed by atoms with Gasteiger partial charge in [0.15, 0.2) is 5.66 Å². The van der Waals surface area contributed by atoms with Crippen LogP contribution in [0.2, 0.25) is 0 Å². The summed E-state index contributed by atoms with van der Waals surface area (Å²) in [5.74, 6) is 0.515. The van der Waals surface area contributed by atoms with Crippen LogP contribution in [0.3, 0.4) is 0 Å². The normalized spacial score (nSPS) is 29.6. The minimum Gasteiger partial charge on any atom is -0.393 e. The molecular weight excluding hydrogens is 372 g/mol. The highest BCUT2D eigenvalue weighted by Crippen LogP contribution is 2.61. The van der Waals surface area contributed by atoms with Gasteiger partial charge in [0.1, 0.15) is 5.84 Å². The fraction of sp³-hybridized carbons (Fsp3) is 0.400. The summed E-state index contributed by atoms with van der Waals surface area (Å²) in [5.41, 5.74) is 12.4. The maximum absolute atomic E-state index is 10.2. The molecule has 30 heavy (non-hydrogen) atoms. The Labute approximate surface area is 177 Å². The van der Waals surface area contributed by atoms with Crippen LogP contribution >= 0.6 is 0 Å². The molecule has 3 N–H and O–H groups in total. The molecule has 0 bridgehead atoms. The highest BCUT2D eigenvalue weighted by atomic mass is 16.3. The van der Waals surface area contributed by atoms with Gasteiger partial charge < -0.3 is 10.8 Å².